The zero-order chi connectivity index (χ0) is 19.2. The number of ether oxygens (including phenoxy) is 1. The predicted molar refractivity (Wildman–Crippen MR) is 114 cm³/mol. The summed E-state index contributed by atoms with van der Waals surface area (Å²) in [5, 5.41) is 8.91. The summed E-state index contributed by atoms with van der Waals surface area (Å²) in [5.74, 6) is -0.367. The van der Waals surface area contributed by atoms with Crippen LogP contribution in [0.4, 0.5) is 0 Å². The van der Waals surface area contributed by atoms with Crippen molar-refractivity contribution < 1.29 is 9.53 Å². The summed E-state index contributed by atoms with van der Waals surface area (Å²) in [5.41, 5.74) is 0.327. The van der Waals surface area contributed by atoms with Crippen LogP contribution < -0.4 is 10.6 Å². The van der Waals surface area contributed by atoms with E-state index in [1.54, 1.807) is 23.5 Å². The Morgan fingerprint density at radius 1 is 1.30 bits per heavy atom. The number of rotatable bonds is 5. The van der Waals surface area contributed by atoms with Crippen molar-refractivity contribution in [3.8, 4) is 0 Å². The van der Waals surface area contributed by atoms with Crippen LogP contribution in [0.15, 0.2) is 35.7 Å². The summed E-state index contributed by atoms with van der Waals surface area (Å²) in [6.07, 6.45) is 0. The predicted octanol–water partition coefficient (Wildman–Crippen LogP) is 3.73. The summed E-state index contributed by atoms with van der Waals surface area (Å²) in [4.78, 5) is 16.0. The number of morpholine rings is 1. The van der Waals surface area contributed by atoms with Crippen LogP contribution in [0.2, 0.25) is 10.0 Å². The quantitative estimate of drug-likeness (QED) is 0.689. The first-order chi connectivity index (χ1) is 13.0. The standard InChI is InChI=1S/C18H19Cl2N3O2S2/c19-12-3-4-13(14(20)10-12)17(24)22-18(26)21-11-15(16-2-1-9-27-16)23-5-7-25-8-6-23/h1-4,9-10,15H,5-8,11H2,(H2,21,22,24,26)/t15-/m0/s1. The number of thiophene rings is 1. The van der Waals surface area contributed by atoms with Gasteiger partial charge in [-0.2, -0.15) is 0 Å². The second-order valence-electron chi connectivity index (χ2n) is 5.97. The van der Waals surface area contributed by atoms with Crippen LogP contribution in [-0.2, 0) is 4.74 Å². The molecule has 0 bridgehead atoms. The Morgan fingerprint density at radius 3 is 2.74 bits per heavy atom. The largest absolute Gasteiger partial charge is 0.379 e. The Balaban J connectivity index is 1.59. The number of carbonyl (C=O) groups is 1. The van der Waals surface area contributed by atoms with Gasteiger partial charge in [-0.05, 0) is 41.9 Å². The molecule has 1 aromatic carbocycles. The van der Waals surface area contributed by atoms with E-state index in [-0.39, 0.29) is 22.1 Å². The fourth-order valence-corrected chi connectivity index (χ4v) is 4.39. The topological polar surface area (TPSA) is 53.6 Å². The van der Waals surface area contributed by atoms with Gasteiger partial charge in [0.05, 0.1) is 29.8 Å². The van der Waals surface area contributed by atoms with Gasteiger partial charge in [-0.3, -0.25) is 15.0 Å². The van der Waals surface area contributed by atoms with Crippen LogP contribution in [-0.4, -0.2) is 48.8 Å². The van der Waals surface area contributed by atoms with Crippen molar-refractivity contribution in [1.29, 1.82) is 0 Å². The number of hydrogen-bond donors (Lipinski definition) is 2. The van der Waals surface area contributed by atoms with E-state index in [1.165, 1.54) is 10.9 Å². The second kappa shape index (κ2) is 9.82. The molecule has 5 nitrogen and oxygen atoms in total. The highest BCUT2D eigenvalue weighted by Crippen LogP contribution is 2.25. The normalized spacial score (nSPS) is 15.9. The maximum absolute atomic E-state index is 12.4. The molecule has 3 rings (SSSR count). The van der Waals surface area contributed by atoms with E-state index in [0.717, 1.165) is 26.3 Å². The van der Waals surface area contributed by atoms with Crippen LogP contribution in [0.25, 0.3) is 0 Å². The molecule has 0 radical (unpaired) electrons. The van der Waals surface area contributed by atoms with E-state index >= 15 is 0 Å². The molecule has 0 aliphatic carbocycles. The molecule has 1 saturated heterocycles. The van der Waals surface area contributed by atoms with E-state index in [0.29, 0.717) is 17.1 Å². The number of amides is 1. The van der Waals surface area contributed by atoms with Gasteiger partial charge in [-0.1, -0.05) is 29.3 Å². The van der Waals surface area contributed by atoms with E-state index in [1.807, 2.05) is 6.07 Å². The molecule has 1 aliphatic rings. The smallest absolute Gasteiger partial charge is 0.258 e. The molecule has 1 aliphatic heterocycles. The van der Waals surface area contributed by atoms with E-state index < -0.39 is 0 Å². The first kappa shape index (κ1) is 20.5. The van der Waals surface area contributed by atoms with Crippen molar-refractivity contribution in [3.05, 3.63) is 56.2 Å². The van der Waals surface area contributed by atoms with Gasteiger partial charge in [0.2, 0.25) is 0 Å². The van der Waals surface area contributed by atoms with Crippen molar-refractivity contribution >= 4 is 57.8 Å². The average molecular weight is 444 g/mol. The number of carbonyl (C=O) groups excluding carboxylic acids is 1. The summed E-state index contributed by atoms with van der Waals surface area (Å²) >= 11 is 18.9. The van der Waals surface area contributed by atoms with Crippen molar-refractivity contribution in [2.75, 3.05) is 32.8 Å². The van der Waals surface area contributed by atoms with Crippen molar-refractivity contribution in [2.45, 2.75) is 6.04 Å². The number of halogens is 2. The van der Waals surface area contributed by atoms with Gasteiger partial charge in [0.25, 0.3) is 5.91 Å². The molecule has 0 spiro atoms. The number of benzene rings is 1. The first-order valence-electron chi connectivity index (χ1n) is 8.44. The Kier molecular flexibility index (Phi) is 7.46. The van der Waals surface area contributed by atoms with Crippen LogP contribution in [0, 0.1) is 0 Å². The lowest BCUT2D eigenvalue weighted by Gasteiger charge is -2.34. The first-order valence-corrected chi connectivity index (χ1v) is 10.5. The second-order valence-corrected chi connectivity index (χ2v) is 8.20. The van der Waals surface area contributed by atoms with Crippen LogP contribution in [0.3, 0.4) is 0 Å². The minimum absolute atomic E-state index is 0.169. The average Bonchev–Trinajstić information content (AvgIpc) is 3.17. The van der Waals surface area contributed by atoms with E-state index in [4.69, 9.17) is 40.2 Å². The molecule has 1 amide bonds. The zero-order valence-corrected chi connectivity index (χ0v) is 17.6. The monoisotopic (exact) mass is 443 g/mol. The Labute approximate surface area is 177 Å². The molecule has 27 heavy (non-hydrogen) atoms. The fourth-order valence-electron chi connectivity index (χ4n) is 2.86. The maximum atomic E-state index is 12.4. The molecule has 2 aromatic rings. The number of hydrogen-bond acceptors (Lipinski definition) is 5. The molecule has 1 atom stereocenters. The van der Waals surface area contributed by atoms with Crippen molar-refractivity contribution in [1.82, 2.24) is 15.5 Å². The SMILES string of the molecule is O=C(NC(=S)NC[C@@H](c1cccs1)N1CCOCC1)c1ccc(Cl)cc1Cl. The lowest BCUT2D eigenvalue weighted by Crippen LogP contribution is -2.46. The summed E-state index contributed by atoms with van der Waals surface area (Å²) in [7, 11) is 0. The molecule has 1 fully saturated rings. The summed E-state index contributed by atoms with van der Waals surface area (Å²) < 4.78 is 5.45. The number of nitrogens with one attached hydrogen (secondary N) is 2. The molecule has 1 aromatic heterocycles. The maximum Gasteiger partial charge on any atom is 0.258 e. The zero-order valence-electron chi connectivity index (χ0n) is 14.4. The Hall–Kier alpha value is -1.22. The van der Waals surface area contributed by atoms with E-state index in [2.05, 4.69) is 27.0 Å². The van der Waals surface area contributed by atoms with Gasteiger partial charge in [0.15, 0.2) is 5.11 Å². The van der Waals surface area contributed by atoms with Gasteiger partial charge < -0.3 is 10.1 Å². The Bertz CT molecular complexity index is 796. The molecule has 144 valence electrons. The molecule has 2 heterocycles. The highest BCUT2D eigenvalue weighted by Gasteiger charge is 2.24. The summed E-state index contributed by atoms with van der Waals surface area (Å²) in [6, 6.07) is 9.04. The lowest BCUT2D eigenvalue weighted by molar-refractivity contribution is 0.0177. The molecule has 0 saturated carbocycles. The van der Waals surface area contributed by atoms with Gasteiger partial charge in [-0.25, -0.2) is 0 Å². The van der Waals surface area contributed by atoms with Crippen LogP contribution in [0.1, 0.15) is 21.3 Å². The number of nitrogens with zero attached hydrogens (tertiary/aromatic N) is 1. The molecule has 9 heteroatoms. The molecular formula is C18H19Cl2N3O2S2. The third-order valence-electron chi connectivity index (χ3n) is 4.22. The third-order valence-corrected chi connectivity index (χ3v) is 5.98. The van der Waals surface area contributed by atoms with Crippen molar-refractivity contribution in [3.63, 3.8) is 0 Å². The molecular weight excluding hydrogens is 425 g/mol. The minimum Gasteiger partial charge on any atom is -0.379 e. The third kappa shape index (κ3) is 5.63. The lowest BCUT2D eigenvalue weighted by atomic mass is 10.2. The van der Waals surface area contributed by atoms with Gasteiger partial charge >= 0.3 is 0 Å². The molecule has 2 N–H and O–H groups in total. The molecule has 0 unspecified atom stereocenters. The fraction of sp³-hybridized carbons (Fsp3) is 0.333. The van der Waals surface area contributed by atoms with E-state index in [9.17, 15) is 4.79 Å². The summed E-state index contributed by atoms with van der Waals surface area (Å²) in [6.45, 7) is 3.76. The minimum atomic E-state index is -0.367. The van der Waals surface area contributed by atoms with Gasteiger partial charge in [-0.15, -0.1) is 11.3 Å². The van der Waals surface area contributed by atoms with Crippen LogP contribution in [0.5, 0.6) is 0 Å². The van der Waals surface area contributed by atoms with Gasteiger partial charge in [0, 0.05) is 29.5 Å². The number of thiocarbonyl (C=S) groups is 1. The highest BCUT2D eigenvalue weighted by molar-refractivity contribution is 7.80. The van der Waals surface area contributed by atoms with Crippen molar-refractivity contribution in [2.24, 2.45) is 0 Å². The van der Waals surface area contributed by atoms with Gasteiger partial charge in [0.1, 0.15) is 0 Å². The highest BCUT2D eigenvalue weighted by atomic mass is 35.5. The van der Waals surface area contributed by atoms with Crippen LogP contribution >= 0.6 is 46.8 Å². The Morgan fingerprint density at radius 2 is 2.07 bits per heavy atom.